The van der Waals surface area contributed by atoms with E-state index in [1.54, 1.807) is 36.4 Å². The molecule has 1 aliphatic rings. The fraction of sp³-hybridized carbons (Fsp3) is 0. The number of furan rings is 1. The highest BCUT2D eigenvalue weighted by Gasteiger charge is 2.36. The van der Waals surface area contributed by atoms with Gasteiger partial charge in [-0.05, 0) is 59.9 Å². The molecule has 8 heteroatoms. The molecule has 1 N–H and O–H groups in total. The molecule has 2 aromatic carbocycles. The van der Waals surface area contributed by atoms with Crippen molar-refractivity contribution in [3.63, 3.8) is 0 Å². The fourth-order valence-corrected chi connectivity index (χ4v) is 4.53. The Labute approximate surface area is 174 Å². The molecule has 2 aromatic heterocycles. The molecule has 0 aliphatic carbocycles. The molecule has 0 radical (unpaired) electrons. The van der Waals surface area contributed by atoms with Crippen molar-refractivity contribution >= 4 is 57.5 Å². The zero-order valence-electron chi connectivity index (χ0n) is 14.9. The van der Waals surface area contributed by atoms with Crippen LogP contribution in [0.15, 0.2) is 86.3 Å². The Hall–Kier alpha value is -3.23. The van der Waals surface area contributed by atoms with Gasteiger partial charge in [-0.1, -0.05) is 30.3 Å². The van der Waals surface area contributed by atoms with E-state index in [4.69, 9.17) is 4.42 Å². The van der Waals surface area contributed by atoms with Gasteiger partial charge in [0.1, 0.15) is 5.76 Å². The summed E-state index contributed by atoms with van der Waals surface area (Å²) >= 11 is 2.26. The summed E-state index contributed by atoms with van der Waals surface area (Å²) in [6.07, 6.45) is 1.59. The van der Waals surface area contributed by atoms with Gasteiger partial charge >= 0.3 is 0 Å². The molecule has 5 rings (SSSR count). The monoisotopic (exact) mass is 419 g/mol. The number of carbonyl (C=O) groups excluding carboxylic acids is 2. The summed E-state index contributed by atoms with van der Waals surface area (Å²) in [5, 5.41) is 1.03. The molecular weight excluding hydrogens is 406 g/mol. The largest absolute Gasteiger partial charge is 0.450 e. The van der Waals surface area contributed by atoms with Crippen molar-refractivity contribution in [1.29, 1.82) is 0 Å². The number of aromatic amines is 1. The van der Waals surface area contributed by atoms with E-state index in [2.05, 4.69) is 9.97 Å². The Bertz CT molecular complexity index is 1230. The fourth-order valence-electron chi connectivity index (χ4n) is 2.94. The van der Waals surface area contributed by atoms with Crippen molar-refractivity contribution in [2.24, 2.45) is 0 Å². The number of hydrogen-bond donors (Lipinski definition) is 1. The predicted octanol–water partition coefficient (Wildman–Crippen LogP) is 5.55. The summed E-state index contributed by atoms with van der Waals surface area (Å²) in [7, 11) is 0. The summed E-state index contributed by atoms with van der Waals surface area (Å²) in [6, 6.07) is 20.2. The molecule has 142 valence electrons. The smallest absolute Gasteiger partial charge is 0.298 e. The van der Waals surface area contributed by atoms with Crippen molar-refractivity contribution in [3.05, 3.63) is 77.4 Å². The van der Waals surface area contributed by atoms with E-state index in [1.165, 1.54) is 16.7 Å². The second-order valence-corrected chi connectivity index (χ2v) is 8.16. The molecule has 1 aliphatic heterocycles. The highest BCUT2D eigenvalue weighted by atomic mass is 32.2. The van der Waals surface area contributed by atoms with Gasteiger partial charge in [0, 0.05) is 6.08 Å². The van der Waals surface area contributed by atoms with Crippen LogP contribution in [-0.2, 0) is 4.79 Å². The van der Waals surface area contributed by atoms with E-state index >= 15 is 0 Å². The van der Waals surface area contributed by atoms with Crippen LogP contribution in [0.5, 0.6) is 0 Å². The van der Waals surface area contributed by atoms with Gasteiger partial charge in [-0.3, -0.25) is 9.59 Å². The number of nitrogens with one attached hydrogen (secondary N) is 1. The molecule has 3 heterocycles. The van der Waals surface area contributed by atoms with Gasteiger partial charge in [-0.15, -0.1) is 0 Å². The van der Waals surface area contributed by atoms with E-state index in [1.807, 2.05) is 36.4 Å². The van der Waals surface area contributed by atoms with Gasteiger partial charge in [0.25, 0.3) is 11.1 Å². The Morgan fingerprint density at radius 2 is 1.79 bits per heavy atom. The number of H-pyrrole nitrogens is 1. The number of nitrogens with zero attached hydrogens (tertiary/aromatic N) is 2. The molecule has 29 heavy (non-hydrogen) atoms. The summed E-state index contributed by atoms with van der Waals surface area (Å²) < 4.78 is 5.80. The lowest BCUT2D eigenvalue weighted by Gasteiger charge is -2.11. The van der Waals surface area contributed by atoms with Gasteiger partial charge < -0.3 is 9.40 Å². The van der Waals surface area contributed by atoms with Crippen molar-refractivity contribution in [3.8, 4) is 0 Å². The van der Waals surface area contributed by atoms with Crippen LogP contribution in [0.2, 0.25) is 0 Å². The first-order chi connectivity index (χ1) is 14.2. The Morgan fingerprint density at radius 1 is 1.00 bits per heavy atom. The number of imide groups is 1. The standard InChI is InChI=1S/C21H13N3O3S2/c25-19-17(28-21(26)24(19)13-6-2-1-3-7-13)12-14-10-11-18(27-14)29-20-22-15-8-4-5-9-16(15)23-20/h1-12H,(H,22,23)/b17-12+. The zero-order chi connectivity index (χ0) is 19.8. The lowest BCUT2D eigenvalue weighted by atomic mass is 10.3. The van der Waals surface area contributed by atoms with Crippen LogP contribution in [0.25, 0.3) is 17.1 Å². The number of amides is 2. The minimum Gasteiger partial charge on any atom is -0.450 e. The van der Waals surface area contributed by atoms with E-state index < -0.39 is 0 Å². The Balaban J connectivity index is 1.36. The molecule has 0 spiro atoms. The maximum atomic E-state index is 12.7. The van der Waals surface area contributed by atoms with E-state index in [0.29, 0.717) is 21.4 Å². The van der Waals surface area contributed by atoms with Gasteiger partial charge in [0.05, 0.1) is 21.6 Å². The molecule has 4 aromatic rings. The molecule has 1 saturated heterocycles. The van der Waals surface area contributed by atoms with Gasteiger partial charge in [-0.25, -0.2) is 9.88 Å². The lowest BCUT2D eigenvalue weighted by molar-refractivity contribution is -0.113. The first kappa shape index (κ1) is 17.8. The van der Waals surface area contributed by atoms with Crippen LogP contribution < -0.4 is 4.90 Å². The second kappa shape index (κ2) is 7.31. The molecular formula is C21H13N3O3S2. The number of benzene rings is 2. The number of carbonyl (C=O) groups is 2. The number of imidazole rings is 1. The second-order valence-electron chi connectivity index (χ2n) is 6.17. The molecule has 6 nitrogen and oxygen atoms in total. The minimum absolute atomic E-state index is 0.323. The normalized spacial score (nSPS) is 15.7. The first-order valence-corrected chi connectivity index (χ1v) is 10.4. The van der Waals surface area contributed by atoms with E-state index in [0.717, 1.165) is 28.0 Å². The van der Waals surface area contributed by atoms with Crippen LogP contribution >= 0.6 is 23.5 Å². The van der Waals surface area contributed by atoms with E-state index in [9.17, 15) is 9.59 Å². The molecule has 0 saturated carbocycles. The molecule has 0 unspecified atom stereocenters. The summed E-state index contributed by atoms with van der Waals surface area (Å²) in [6.45, 7) is 0. The van der Waals surface area contributed by atoms with Crippen LogP contribution in [0.3, 0.4) is 0 Å². The summed E-state index contributed by atoms with van der Waals surface area (Å²) in [4.78, 5) is 34.2. The molecule has 2 amide bonds. The summed E-state index contributed by atoms with van der Waals surface area (Å²) in [5.41, 5.74) is 2.40. The number of fused-ring (bicyclic) bond motifs is 1. The Morgan fingerprint density at radius 3 is 2.62 bits per heavy atom. The number of anilines is 1. The molecule has 0 bridgehead atoms. The third-order valence-electron chi connectivity index (χ3n) is 4.25. The average molecular weight is 419 g/mol. The SMILES string of the molecule is O=C1S/C(=C/c2ccc(Sc3nc4ccccc4[nH]3)o2)C(=O)N1c1ccccc1. The molecule has 1 fully saturated rings. The minimum atomic E-state index is -0.353. The third kappa shape index (κ3) is 3.48. The van der Waals surface area contributed by atoms with Crippen LogP contribution in [-0.4, -0.2) is 21.1 Å². The van der Waals surface area contributed by atoms with Crippen LogP contribution in [0, 0.1) is 0 Å². The van der Waals surface area contributed by atoms with Crippen molar-refractivity contribution in [2.75, 3.05) is 4.90 Å². The first-order valence-electron chi connectivity index (χ1n) is 8.73. The number of aromatic nitrogens is 2. The highest BCUT2D eigenvalue weighted by Crippen LogP contribution is 2.36. The number of thioether (sulfide) groups is 1. The van der Waals surface area contributed by atoms with Gasteiger partial charge in [-0.2, -0.15) is 0 Å². The van der Waals surface area contributed by atoms with Crippen molar-refractivity contribution in [1.82, 2.24) is 9.97 Å². The van der Waals surface area contributed by atoms with Gasteiger partial charge in [0.2, 0.25) is 0 Å². The highest BCUT2D eigenvalue weighted by molar-refractivity contribution is 8.19. The maximum Gasteiger partial charge on any atom is 0.298 e. The maximum absolute atomic E-state index is 12.7. The van der Waals surface area contributed by atoms with Crippen LogP contribution in [0.4, 0.5) is 10.5 Å². The van der Waals surface area contributed by atoms with Crippen molar-refractivity contribution in [2.45, 2.75) is 10.2 Å². The van der Waals surface area contributed by atoms with Crippen LogP contribution in [0.1, 0.15) is 5.76 Å². The average Bonchev–Trinajstić information content (AvgIpc) is 3.41. The third-order valence-corrected chi connectivity index (χ3v) is 5.93. The summed E-state index contributed by atoms with van der Waals surface area (Å²) in [5.74, 6) is 0.149. The van der Waals surface area contributed by atoms with Gasteiger partial charge in [0.15, 0.2) is 10.2 Å². The lowest BCUT2D eigenvalue weighted by Crippen LogP contribution is -2.27. The number of para-hydroxylation sites is 3. The van der Waals surface area contributed by atoms with E-state index in [-0.39, 0.29) is 11.1 Å². The Kier molecular flexibility index (Phi) is 4.49. The molecule has 0 atom stereocenters. The number of rotatable bonds is 4. The number of hydrogen-bond acceptors (Lipinski definition) is 6. The predicted molar refractivity (Wildman–Crippen MR) is 114 cm³/mol. The zero-order valence-corrected chi connectivity index (χ0v) is 16.5. The van der Waals surface area contributed by atoms with Crippen molar-refractivity contribution < 1.29 is 14.0 Å². The quantitative estimate of drug-likeness (QED) is 0.437. The topological polar surface area (TPSA) is 79.2 Å².